The molecule has 298 valence electrons. The number of fused-ring (bicyclic) bond motifs is 7. The van der Waals surface area contributed by atoms with E-state index in [0.29, 0.717) is 0 Å². The molecule has 2 aliphatic rings. The van der Waals surface area contributed by atoms with Crippen molar-refractivity contribution in [1.82, 2.24) is 0 Å². The molecule has 2 aliphatic carbocycles. The smallest absolute Gasteiger partial charge is 0.0713 e. The van der Waals surface area contributed by atoms with E-state index in [-0.39, 0.29) is 5.41 Å². The minimum absolute atomic E-state index is 0.121. The summed E-state index contributed by atoms with van der Waals surface area (Å²) < 4.78 is 0. The van der Waals surface area contributed by atoms with Crippen molar-refractivity contribution in [2.24, 2.45) is 0 Å². The molecule has 10 aromatic rings. The summed E-state index contributed by atoms with van der Waals surface area (Å²) in [6, 6.07) is 87.7. The van der Waals surface area contributed by atoms with E-state index in [1.54, 1.807) is 0 Å². The second kappa shape index (κ2) is 14.4. The lowest BCUT2D eigenvalue weighted by Crippen LogP contribution is -2.28. The van der Waals surface area contributed by atoms with Gasteiger partial charge in [-0.15, -0.1) is 0 Å². The molecule has 12 rings (SSSR count). The normalized spacial score (nSPS) is 13.8. The van der Waals surface area contributed by atoms with Crippen molar-refractivity contribution in [2.45, 2.75) is 24.7 Å². The van der Waals surface area contributed by atoms with Gasteiger partial charge in [-0.1, -0.05) is 208 Å². The largest absolute Gasteiger partial charge is 0.310 e. The van der Waals surface area contributed by atoms with Gasteiger partial charge < -0.3 is 4.90 Å². The fraction of sp³-hybridized carbons (Fsp3) is 0.0645. The van der Waals surface area contributed by atoms with Crippen LogP contribution in [0.4, 0.5) is 17.1 Å². The molecule has 1 heteroatoms. The highest BCUT2D eigenvalue weighted by atomic mass is 15.1. The molecule has 0 radical (unpaired) electrons. The summed E-state index contributed by atoms with van der Waals surface area (Å²) >= 11 is 0. The molecule has 0 unspecified atom stereocenters. The Morgan fingerprint density at radius 1 is 0.302 bits per heavy atom. The van der Waals surface area contributed by atoms with Crippen molar-refractivity contribution in [3.05, 3.63) is 270 Å². The van der Waals surface area contributed by atoms with Crippen molar-refractivity contribution in [3.8, 4) is 44.5 Å². The molecule has 0 bridgehead atoms. The van der Waals surface area contributed by atoms with E-state index in [9.17, 15) is 0 Å². The Balaban J connectivity index is 1.00. The first-order chi connectivity index (χ1) is 31.0. The predicted molar refractivity (Wildman–Crippen MR) is 264 cm³/mol. The Hall–Kier alpha value is -7.74. The van der Waals surface area contributed by atoms with Crippen LogP contribution in [0.2, 0.25) is 0 Å². The highest BCUT2D eigenvalue weighted by Crippen LogP contribution is 2.57. The Bertz CT molecular complexity index is 3310. The lowest BCUT2D eigenvalue weighted by Gasteiger charge is -2.34. The first-order valence-corrected chi connectivity index (χ1v) is 22.1. The second-order valence-corrected chi connectivity index (χ2v) is 17.6. The van der Waals surface area contributed by atoms with Crippen LogP contribution in [-0.2, 0) is 10.8 Å². The van der Waals surface area contributed by atoms with Gasteiger partial charge in [0.05, 0.1) is 5.41 Å². The monoisotopic (exact) mass is 803 g/mol. The van der Waals surface area contributed by atoms with Crippen LogP contribution < -0.4 is 4.90 Å². The molecule has 0 amide bonds. The van der Waals surface area contributed by atoms with Crippen LogP contribution in [0.15, 0.2) is 237 Å². The van der Waals surface area contributed by atoms with E-state index in [0.717, 1.165) is 17.1 Å². The molecule has 0 saturated carbocycles. The van der Waals surface area contributed by atoms with Gasteiger partial charge in [0.2, 0.25) is 0 Å². The maximum Gasteiger partial charge on any atom is 0.0713 e. The van der Waals surface area contributed by atoms with Gasteiger partial charge in [-0.05, 0) is 131 Å². The van der Waals surface area contributed by atoms with E-state index < -0.39 is 5.41 Å². The maximum absolute atomic E-state index is 2.45. The van der Waals surface area contributed by atoms with E-state index in [1.807, 2.05) is 0 Å². The second-order valence-electron chi connectivity index (χ2n) is 17.6. The van der Waals surface area contributed by atoms with E-state index in [2.05, 4.69) is 255 Å². The summed E-state index contributed by atoms with van der Waals surface area (Å²) in [6.07, 6.45) is 0. The van der Waals surface area contributed by atoms with Crippen LogP contribution in [0.1, 0.15) is 47.2 Å². The Morgan fingerprint density at radius 3 is 1.59 bits per heavy atom. The minimum Gasteiger partial charge on any atom is -0.310 e. The zero-order valence-corrected chi connectivity index (χ0v) is 35.5. The highest BCUT2D eigenvalue weighted by molar-refractivity contribution is 5.98. The van der Waals surface area contributed by atoms with Crippen LogP contribution >= 0.6 is 0 Å². The average molecular weight is 804 g/mol. The molecule has 0 spiro atoms. The SMILES string of the molecule is CC1(C)c2ccccc2-c2ccc(N(c3ccc(-c4ccc5c(c4)C(c4ccccc4)(c4ccccc4)c4ccccc4-5)cc3)c3cccc(-c4cccc5ccccc45)c3)cc21. The fourth-order valence-corrected chi connectivity index (χ4v) is 11.0. The zero-order chi connectivity index (χ0) is 42.1. The van der Waals surface area contributed by atoms with Gasteiger partial charge in [0, 0.05) is 22.5 Å². The summed E-state index contributed by atoms with van der Waals surface area (Å²) in [5, 5.41) is 2.50. The van der Waals surface area contributed by atoms with E-state index in [4.69, 9.17) is 0 Å². The third kappa shape index (κ3) is 5.70. The minimum atomic E-state index is -0.447. The van der Waals surface area contributed by atoms with Gasteiger partial charge in [-0.2, -0.15) is 0 Å². The van der Waals surface area contributed by atoms with Crippen LogP contribution in [0.3, 0.4) is 0 Å². The molecule has 63 heavy (non-hydrogen) atoms. The number of hydrogen-bond donors (Lipinski definition) is 0. The summed E-state index contributed by atoms with van der Waals surface area (Å²) in [5.74, 6) is 0. The molecular weight excluding hydrogens is 759 g/mol. The number of rotatable bonds is 7. The molecule has 0 heterocycles. The zero-order valence-electron chi connectivity index (χ0n) is 35.5. The summed E-state index contributed by atoms with van der Waals surface area (Å²) in [6.45, 7) is 4.72. The molecule has 0 N–H and O–H groups in total. The molecule has 0 aromatic heterocycles. The summed E-state index contributed by atoms with van der Waals surface area (Å²) in [4.78, 5) is 2.44. The number of nitrogens with zero attached hydrogens (tertiary/aromatic N) is 1. The standard InChI is InChI=1S/C62H45N/c1-61(2)57-29-13-11-26-53(57)55-38-36-50(41-59(55)61)63(49-24-15-19-45(39-49)52-28-16-18-43-17-9-10-25-51(43)52)48-34-31-42(32-35-48)44-33-37-56-54-27-12-14-30-58(54)62(60(56)40-44,46-20-5-3-6-21-46)47-22-7-4-8-23-47/h3-41H,1-2H3. The third-order valence-corrected chi connectivity index (χ3v) is 13.9. The average Bonchev–Trinajstić information content (AvgIpc) is 3.77. The lowest BCUT2D eigenvalue weighted by molar-refractivity contribution is 0.660. The number of benzene rings is 10. The van der Waals surface area contributed by atoms with Crippen LogP contribution in [0.5, 0.6) is 0 Å². The molecule has 1 nitrogen and oxygen atoms in total. The van der Waals surface area contributed by atoms with Gasteiger partial charge in [0.25, 0.3) is 0 Å². The molecule has 0 atom stereocenters. The lowest BCUT2D eigenvalue weighted by atomic mass is 9.67. The summed E-state index contributed by atoms with van der Waals surface area (Å²) in [5.41, 5.74) is 20.8. The number of hydrogen-bond acceptors (Lipinski definition) is 1. The van der Waals surface area contributed by atoms with Gasteiger partial charge >= 0.3 is 0 Å². The van der Waals surface area contributed by atoms with Crippen molar-refractivity contribution in [3.63, 3.8) is 0 Å². The quantitative estimate of drug-likeness (QED) is 0.155. The highest BCUT2D eigenvalue weighted by Gasteiger charge is 2.46. The molecule has 0 aliphatic heterocycles. The predicted octanol–water partition coefficient (Wildman–Crippen LogP) is 16.3. The number of anilines is 3. The van der Waals surface area contributed by atoms with Gasteiger partial charge in [0.1, 0.15) is 0 Å². The van der Waals surface area contributed by atoms with Gasteiger partial charge in [-0.25, -0.2) is 0 Å². The fourth-order valence-electron chi connectivity index (χ4n) is 11.0. The maximum atomic E-state index is 2.45. The third-order valence-electron chi connectivity index (χ3n) is 13.9. The van der Waals surface area contributed by atoms with Crippen molar-refractivity contribution < 1.29 is 0 Å². The molecular formula is C62H45N. The summed E-state index contributed by atoms with van der Waals surface area (Å²) in [7, 11) is 0. The van der Waals surface area contributed by atoms with Crippen molar-refractivity contribution in [2.75, 3.05) is 4.90 Å². The Morgan fingerprint density at radius 2 is 0.825 bits per heavy atom. The first kappa shape index (κ1) is 37.1. The van der Waals surface area contributed by atoms with Crippen LogP contribution in [0, 0.1) is 0 Å². The van der Waals surface area contributed by atoms with Crippen LogP contribution in [0.25, 0.3) is 55.3 Å². The molecule has 0 saturated heterocycles. The van der Waals surface area contributed by atoms with Gasteiger partial charge in [0.15, 0.2) is 0 Å². The molecule has 10 aromatic carbocycles. The topological polar surface area (TPSA) is 3.24 Å². The van der Waals surface area contributed by atoms with Crippen molar-refractivity contribution in [1.29, 1.82) is 0 Å². The van der Waals surface area contributed by atoms with Gasteiger partial charge in [-0.3, -0.25) is 0 Å². The first-order valence-electron chi connectivity index (χ1n) is 22.1. The van der Waals surface area contributed by atoms with Crippen molar-refractivity contribution >= 4 is 27.8 Å². The Kier molecular flexibility index (Phi) is 8.49. The van der Waals surface area contributed by atoms with Crippen LogP contribution in [-0.4, -0.2) is 0 Å². The molecule has 0 fully saturated rings. The Labute approximate surface area is 370 Å². The van der Waals surface area contributed by atoms with E-state index in [1.165, 1.54) is 88.7 Å². The van der Waals surface area contributed by atoms with E-state index >= 15 is 0 Å².